The highest BCUT2D eigenvalue weighted by Crippen LogP contribution is 2.17. The zero-order chi connectivity index (χ0) is 19.9. The van der Waals surface area contributed by atoms with Crippen molar-refractivity contribution >= 4 is 35.0 Å². The molecule has 7 nitrogen and oxygen atoms in total. The number of benzene rings is 1. The minimum absolute atomic E-state index is 0.0718. The van der Waals surface area contributed by atoms with Crippen LogP contribution < -0.4 is 16.0 Å². The molecular weight excluding hydrogens is 383 g/mol. The first-order chi connectivity index (χ1) is 13.5. The lowest BCUT2D eigenvalue weighted by Gasteiger charge is -2.09. The second-order valence-electron chi connectivity index (χ2n) is 5.95. The fourth-order valence-electron chi connectivity index (χ4n) is 2.36. The first kappa shape index (κ1) is 19.5. The number of nitrogens with one attached hydrogen (secondary N) is 3. The van der Waals surface area contributed by atoms with Crippen LogP contribution in [-0.4, -0.2) is 34.2 Å². The normalized spacial score (nSPS) is 10.4. The number of amides is 1. The number of aryl methyl sites for hydroxylation is 1. The number of halogens is 2. The molecule has 0 bridgehead atoms. The molecule has 28 heavy (non-hydrogen) atoms. The Morgan fingerprint density at radius 3 is 2.54 bits per heavy atom. The topological polar surface area (TPSA) is 91.8 Å². The highest BCUT2D eigenvalue weighted by atomic mass is 35.5. The van der Waals surface area contributed by atoms with Gasteiger partial charge in [-0.15, -0.1) is 10.2 Å². The Balaban J connectivity index is 1.45. The molecule has 1 amide bonds. The largest absolute Gasteiger partial charge is 0.367 e. The van der Waals surface area contributed by atoms with Crippen molar-refractivity contribution in [2.75, 3.05) is 23.7 Å². The number of hydrogen-bond acceptors (Lipinski definition) is 6. The number of carbonyl (C=O) groups is 1. The molecule has 0 fully saturated rings. The van der Waals surface area contributed by atoms with Crippen LogP contribution in [0.3, 0.4) is 0 Å². The van der Waals surface area contributed by atoms with Crippen molar-refractivity contribution in [2.24, 2.45) is 0 Å². The van der Waals surface area contributed by atoms with Gasteiger partial charge in [0.1, 0.15) is 17.5 Å². The highest BCUT2D eigenvalue weighted by molar-refractivity contribution is 6.33. The minimum atomic E-state index is -0.488. The van der Waals surface area contributed by atoms with Gasteiger partial charge in [-0.3, -0.25) is 4.79 Å². The van der Waals surface area contributed by atoms with Crippen LogP contribution in [-0.2, 0) is 0 Å². The first-order valence-electron chi connectivity index (χ1n) is 8.52. The molecule has 3 rings (SSSR count). The maximum atomic E-state index is 13.0. The van der Waals surface area contributed by atoms with Crippen molar-refractivity contribution in [3.8, 4) is 0 Å². The van der Waals surface area contributed by atoms with Gasteiger partial charge in [-0.2, -0.15) is 0 Å². The fraction of sp³-hybridized carbons (Fsp3) is 0.158. The van der Waals surface area contributed by atoms with E-state index in [-0.39, 0.29) is 16.5 Å². The van der Waals surface area contributed by atoms with Crippen molar-refractivity contribution in [3.05, 3.63) is 70.6 Å². The number of hydrogen-bond donors (Lipinski definition) is 3. The summed E-state index contributed by atoms with van der Waals surface area (Å²) in [7, 11) is 0. The van der Waals surface area contributed by atoms with E-state index in [2.05, 4.69) is 31.1 Å². The second kappa shape index (κ2) is 9.09. The molecule has 0 atom stereocenters. The lowest BCUT2D eigenvalue weighted by molar-refractivity contribution is 0.0955. The lowest BCUT2D eigenvalue weighted by Crippen LogP contribution is -2.29. The summed E-state index contributed by atoms with van der Waals surface area (Å²) in [6.45, 7) is 2.75. The Morgan fingerprint density at radius 1 is 1.04 bits per heavy atom. The molecular formula is C19H18ClFN6O. The number of pyridine rings is 1. The molecule has 0 spiro atoms. The van der Waals surface area contributed by atoms with Gasteiger partial charge in [-0.05, 0) is 55.0 Å². The number of aromatic nitrogens is 3. The van der Waals surface area contributed by atoms with Gasteiger partial charge in [-0.25, -0.2) is 9.37 Å². The molecule has 3 aromatic rings. The maximum absolute atomic E-state index is 13.0. The third kappa shape index (κ3) is 5.37. The molecule has 9 heteroatoms. The summed E-state index contributed by atoms with van der Waals surface area (Å²) in [5.41, 5.74) is 1.32. The zero-order valence-electron chi connectivity index (χ0n) is 15.0. The summed E-state index contributed by atoms with van der Waals surface area (Å²) < 4.78 is 13.0. The van der Waals surface area contributed by atoms with Crippen molar-refractivity contribution < 1.29 is 9.18 Å². The van der Waals surface area contributed by atoms with Crippen molar-refractivity contribution in [3.63, 3.8) is 0 Å². The van der Waals surface area contributed by atoms with E-state index in [0.29, 0.717) is 30.5 Å². The van der Waals surface area contributed by atoms with Gasteiger partial charge in [-0.1, -0.05) is 11.6 Å². The predicted molar refractivity (Wildman–Crippen MR) is 107 cm³/mol. The van der Waals surface area contributed by atoms with E-state index in [1.165, 1.54) is 12.1 Å². The Morgan fingerprint density at radius 2 is 1.82 bits per heavy atom. The van der Waals surface area contributed by atoms with E-state index in [1.54, 1.807) is 18.3 Å². The molecule has 1 aromatic carbocycles. The van der Waals surface area contributed by atoms with E-state index in [9.17, 15) is 9.18 Å². The van der Waals surface area contributed by atoms with E-state index >= 15 is 0 Å². The average Bonchev–Trinajstić information content (AvgIpc) is 2.66. The van der Waals surface area contributed by atoms with Crippen molar-refractivity contribution in [2.45, 2.75) is 6.92 Å². The van der Waals surface area contributed by atoms with Gasteiger partial charge in [0.25, 0.3) is 5.91 Å². The van der Waals surface area contributed by atoms with Crippen LogP contribution in [0.15, 0.2) is 48.7 Å². The molecule has 0 saturated carbocycles. The molecule has 0 aliphatic carbocycles. The Labute approximate surface area is 166 Å². The van der Waals surface area contributed by atoms with Crippen molar-refractivity contribution in [1.29, 1.82) is 0 Å². The molecule has 0 saturated heterocycles. The Kier molecular flexibility index (Phi) is 6.33. The van der Waals surface area contributed by atoms with Gasteiger partial charge in [0.15, 0.2) is 5.82 Å². The molecule has 3 N–H and O–H groups in total. The summed E-state index contributed by atoms with van der Waals surface area (Å²) >= 11 is 5.87. The highest BCUT2D eigenvalue weighted by Gasteiger charge is 2.10. The quantitative estimate of drug-likeness (QED) is 0.525. The van der Waals surface area contributed by atoms with Crippen LogP contribution in [0.5, 0.6) is 0 Å². The second-order valence-corrected chi connectivity index (χ2v) is 6.36. The van der Waals surface area contributed by atoms with Crippen molar-refractivity contribution in [1.82, 2.24) is 20.5 Å². The van der Waals surface area contributed by atoms with Crippen LogP contribution in [0.4, 0.5) is 21.8 Å². The van der Waals surface area contributed by atoms with Crippen LogP contribution in [0, 0.1) is 12.7 Å². The summed E-state index contributed by atoms with van der Waals surface area (Å²) in [5.74, 6) is 0.970. The van der Waals surface area contributed by atoms with Crippen LogP contribution in [0.1, 0.15) is 15.9 Å². The number of rotatable bonds is 7. The molecule has 144 valence electrons. The summed E-state index contributed by atoms with van der Waals surface area (Å²) in [4.78, 5) is 16.2. The third-order valence-corrected chi connectivity index (χ3v) is 4.04. The van der Waals surface area contributed by atoms with Crippen LogP contribution in [0.2, 0.25) is 5.02 Å². The fourth-order valence-corrected chi connectivity index (χ4v) is 2.62. The van der Waals surface area contributed by atoms with E-state index in [0.717, 1.165) is 11.6 Å². The van der Waals surface area contributed by atoms with Gasteiger partial charge < -0.3 is 16.0 Å². The third-order valence-electron chi connectivity index (χ3n) is 3.73. The van der Waals surface area contributed by atoms with Crippen LogP contribution >= 0.6 is 11.6 Å². The predicted octanol–water partition coefficient (Wildman–Crippen LogP) is 3.56. The SMILES string of the molecule is Cc1ccnc(Nc2ccc(NCCNC(=O)c3ccc(F)cc3Cl)nn2)c1. The van der Waals surface area contributed by atoms with E-state index in [1.807, 2.05) is 19.1 Å². The summed E-state index contributed by atoms with van der Waals surface area (Å²) in [5, 5.41) is 17.0. The molecule has 0 radical (unpaired) electrons. The summed E-state index contributed by atoms with van der Waals surface area (Å²) in [6.07, 6.45) is 1.72. The lowest BCUT2D eigenvalue weighted by atomic mass is 10.2. The molecule has 0 aliphatic rings. The van der Waals surface area contributed by atoms with Gasteiger partial charge in [0, 0.05) is 19.3 Å². The smallest absolute Gasteiger partial charge is 0.252 e. The molecule has 2 aromatic heterocycles. The maximum Gasteiger partial charge on any atom is 0.252 e. The van der Waals surface area contributed by atoms with Gasteiger partial charge >= 0.3 is 0 Å². The number of nitrogens with zero attached hydrogens (tertiary/aromatic N) is 3. The Hall–Kier alpha value is -3.26. The number of anilines is 3. The molecule has 2 heterocycles. The van der Waals surface area contributed by atoms with Gasteiger partial charge in [0.05, 0.1) is 10.6 Å². The summed E-state index contributed by atoms with van der Waals surface area (Å²) in [6, 6.07) is 11.0. The monoisotopic (exact) mass is 400 g/mol. The minimum Gasteiger partial charge on any atom is -0.367 e. The van der Waals surface area contributed by atoms with E-state index in [4.69, 9.17) is 11.6 Å². The van der Waals surface area contributed by atoms with E-state index < -0.39 is 5.82 Å². The Bertz CT molecular complexity index is 967. The van der Waals surface area contributed by atoms with Gasteiger partial charge in [0.2, 0.25) is 0 Å². The number of carbonyl (C=O) groups excluding carboxylic acids is 1. The average molecular weight is 401 g/mol. The van der Waals surface area contributed by atoms with Crippen LogP contribution in [0.25, 0.3) is 0 Å². The molecule has 0 unspecified atom stereocenters. The zero-order valence-corrected chi connectivity index (χ0v) is 15.8. The standard InChI is InChI=1S/C19H18ClFN6O/c1-12-6-7-22-18(10-12)25-17-5-4-16(26-27-17)23-8-9-24-19(28)14-3-2-13(21)11-15(14)20/h2-7,10-11H,8-9H2,1H3,(H,23,26)(H,24,28)(H,22,25,27). The first-order valence-corrected chi connectivity index (χ1v) is 8.89. The molecule has 0 aliphatic heterocycles.